The molecule has 0 bridgehead atoms. The second kappa shape index (κ2) is 21.5. The molecule has 0 saturated carbocycles. The molecule has 0 spiro atoms. The highest BCUT2D eigenvalue weighted by Gasteiger charge is 2.32. The highest BCUT2D eigenvalue weighted by Crippen LogP contribution is 2.42. The van der Waals surface area contributed by atoms with Crippen molar-refractivity contribution >= 4 is 8.60 Å². The third-order valence-electron chi connectivity index (χ3n) is 6.23. The van der Waals surface area contributed by atoms with E-state index in [0.717, 1.165) is 44.9 Å². The van der Waals surface area contributed by atoms with Gasteiger partial charge in [0.2, 0.25) is 0 Å². The first kappa shape index (κ1) is 29.3. The minimum atomic E-state index is -2.27. The van der Waals surface area contributed by atoms with Crippen LogP contribution in [0, 0.1) is 0 Å². The first-order valence-electron chi connectivity index (χ1n) is 13.0. The van der Waals surface area contributed by atoms with Crippen molar-refractivity contribution in [3.63, 3.8) is 0 Å². The highest BCUT2D eigenvalue weighted by molar-refractivity contribution is 7.39. The van der Waals surface area contributed by atoms with Crippen molar-refractivity contribution in [3.8, 4) is 0 Å². The molecule has 0 heterocycles. The lowest BCUT2D eigenvalue weighted by Crippen LogP contribution is -2.31. The van der Waals surface area contributed by atoms with E-state index < -0.39 is 8.60 Å². The van der Waals surface area contributed by atoms with Crippen molar-refractivity contribution in [2.45, 2.75) is 161 Å². The fraction of sp³-hybridized carbons (Fsp3) is 1.00. The van der Waals surface area contributed by atoms with Gasteiger partial charge in [-0.05, 0) is 19.3 Å². The van der Waals surface area contributed by atoms with Crippen molar-refractivity contribution in [2.75, 3.05) is 0 Å². The summed E-state index contributed by atoms with van der Waals surface area (Å²) < 4.78 is 5.84. The number of unbranched alkanes of at least 4 members (excludes halogenated alkanes) is 15. The van der Waals surface area contributed by atoms with Gasteiger partial charge in [-0.3, -0.25) is 0 Å². The normalized spacial score (nSPS) is 12.2. The second-order valence-corrected chi connectivity index (χ2v) is 9.77. The van der Waals surface area contributed by atoms with Gasteiger partial charge in [0, 0.05) is 0 Å². The molecular formula is C25H53O3P. The zero-order chi connectivity index (χ0) is 21.6. The Labute approximate surface area is 184 Å². The molecule has 0 rings (SSSR count). The van der Waals surface area contributed by atoms with E-state index in [9.17, 15) is 9.79 Å². The van der Waals surface area contributed by atoms with Crippen LogP contribution < -0.4 is 0 Å². The minimum absolute atomic E-state index is 0.310. The predicted octanol–water partition coefficient (Wildman–Crippen LogP) is 9.21. The van der Waals surface area contributed by atoms with Gasteiger partial charge in [0.1, 0.15) is 0 Å². The van der Waals surface area contributed by atoms with Crippen LogP contribution in [-0.4, -0.2) is 15.4 Å². The fourth-order valence-corrected chi connectivity index (χ4v) is 4.97. The van der Waals surface area contributed by atoms with Crippen LogP contribution in [0.25, 0.3) is 0 Å². The van der Waals surface area contributed by atoms with Crippen LogP contribution in [0.15, 0.2) is 0 Å². The first-order valence-corrected chi connectivity index (χ1v) is 14.1. The summed E-state index contributed by atoms with van der Waals surface area (Å²) in [6, 6.07) is 0. The second-order valence-electron chi connectivity index (χ2n) is 9.08. The summed E-state index contributed by atoms with van der Waals surface area (Å²) in [4.78, 5) is 19.3. The van der Waals surface area contributed by atoms with Gasteiger partial charge in [-0.2, -0.15) is 0 Å². The summed E-state index contributed by atoms with van der Waals surface area (Å²) >= 11 is 0. The van der Waals surface area contributed by atoms with Gasteiger partial charge in [0.15, 0.2) is 0 Å². The molecule has 0 aromatic carbocycles. The quantitative estimate of drug-likeness (QED) is 0.125. The molecule has 0 saturated heterocycles. The molecular weight excluding hydrogens is 379 g/mol. The lowest BCUT2D eigenvalue weighted by molar-refractivity contribution is 0.0223. The molecule has 0 fully saturated rings. The van der Waals surface area contributed by atoms with Gasteiger partial charge in [0.05, 0.1) is 5.60 Å². The molecule has 0 aliphatic carbocycles. The largest absolute Gasteiger partial charge is 0.328 e. The molecule has 0 aromatic heterocycles. The van der Waals surface area contributed by atoms with Crippen molar-refractivity contribution in [2.24, 2.45) is 0 Å². The molecule has 176 valence electrons. The van der Waals surface area contributed by atoms with Gasteiger partial charge < -0.3 is 14.3 Å². The highest BCUT2D eigenvalue weighted by atomic mass is 31.2. The van der Waals surface area contributed by atoms with Crippen LogP contribution in [0.3, 0.4) is 0 Å². The Morgan fingerprint density at radius 1 is 0.483 bits per heavy atom. The molecule has 0 unspecified atom stereocenters. The topological polar surface area (TPSA) is 49.7 Å². The third-order valence-corrected chi connectivity index (χ3v) is 6.78. The van der Waals surface area contributed by atoms with Gasteiger partial charge in [-0.1, -0.05) is 136 Å². The first-order chi connectivity index (χ1) is 14.1. The van der Waals surface area contributed by atoms with Gasteiger partial charge in [-0.15, -0.1) is 0 Å². The average Bonchev–Trinajstić information content (AvgIpc) is 2.70. The summed E-state index contributed by atoms with van der Waals surface area (Å²) in [5.74, 6) is 0. The predicted molar refractivity (Wildman–Crippen MR) is 129 cm³/mol. The Bertz CT molecular complexity index is 303. The molecule has 0 amide bonds. The molecule has 0 radical (unpaired) electrons. The van der Waals surface area contributed by atoms with Crippen molar-refractivity contribution in [3.05, 3.63) is 0 Å². The fourth-order valence-electron chi connectivity index (χ4n) is 4.35. The maximum Gasteiger partial charge on any atom is 0.327 e. The Balaban J connectivity index is 4.29. The van der Waals surface area contributed by atoms with Crippen molar-refractivity contribution in [1.29, 1.82) is 0 Å². The van der Waals surface area contributed by atoms with Crippen LogP contribution >= 0.6 is 8.60 Å². The van der Waals surface area contributed by atoms with E-state index in [2.05, 4.69) is 20.8 Å². The Morgan fingerprint density at radius 2 is 0.793 bits per heavy atom. The van der Waals surface area contributed by atoms with E-state index in [0.29, 0.717) is 0 Å². The standard InChI is InChI=1S/C25H53O3P/c1-4-7-10-12-14-16-18-20-23-25(22-9-6-3,28-29(26)27)24-21-19-17-15-13-11-8-5-2/h26-27H,4-24H2,1-3H3. The molecule has 3 nitrogen and oxygen atoms in total. The summed E-state index contributed by atoms with van der Waals surface area (Å²) in [6.45, 7) is 6.73. The maximum absolute atomic E-state index is 9.63. The molecule has 4 heteroatoms. The summed E-state index contributed by atoms with van der Waals surface area (Å²) in [5, 5.41) is 0. The third kappa shape index (κ3) is 18.8. The van der Waals surface area contributed by atoms with E-state index >= 15 is 0 Å². The van der Waals surface area contributed by atoms with Crippen LogP contribution in [-0.2, 0) is 4.52 Å². The number of hydrogen-bond donors (Lipinski definition) is 2. The van der Waals surface area contributed by atoms with Gasteiger partial charge in [-0.25, -0.2) is 0 Å². The van der Waals surface area contributed by atoms with Gasteiger partial charge in [0.25, 0.3) is 0 Å². The zero-order valence-electron chi connectivity index (χ0n) is 20.1. The smallest absolute Gasteiger partial charge is 0.327 e. The minimum Gasteiger partial charge on any atom is -0.328 e. The van der Waals surface area contributed by atoms with Crippen LogP contribution in [0.5, 0.6) is 0 Å². The van der Waals surface area contributed by atoms with Crippen LogP contribution in [0.4, 0.5) is 0 Å². The summed E-state index contributed by atoms with van der Waals surface area (Å²) in [6.07, 6.45) is 26.1. The SMILES string of the molecule is CCCCCCCCCCC(CCCC)(CCCCCCCCCC)OP(O)O. The Hall–Kier alpha value is 0.310. The van der Waals surface area contributed by atoms with E-state index in [4.69, 9.17) is 4.52 Å². The zero-order valence-corrected chi connectivity index (χ0v) is 21.0. The summed E-state index contributed by atoms with van der Waals surface area (Å²) in [7, 11) is -2.27. The van der Waals surface area contributed by atoms with Crippen LogP contribution in [0.1, 0.15) is 156 Å². The monoisotopic (exact) mass is 432 g/mol. The molecule has 0 aliphatic heterocycles. The summed E-state index contributed by atoms with van der Waals surface area (Å²) in [5.41, 5.74) is -0.310. The number of hydrogen-bond acceptors (Lipinski definition) is 3. The van der Waals surface area contributed by atoms with E-state index in [1.54, 1.807) is 0 Å². The Morgan fingerprint density at radius 3 is 1.14 bits per heavy atom. The van der Waals surface area contributed by atoms with Crippen molar-refractivity contribution in [1.82, 2.24) is 0 Å². The maximum atomic E-state index is 9.63. The lowest BCUT2D eigenvalue weighted by Gasteiger charge is -2.34. The van der Waals surface area contributed by atoms with Crippen LogP contribution in [0.2, 0.25) is 0 Å². The molecule has 0 atom stereocenters. The van der Waals surface area contributed by atoms with E-state index in [-0.39, 0.29) is 5.60 Å². The molecule has 0 aliphatic rings. The van der Waals surface area contributed by atoms with Gasteiger partial charge >= 0.3 is 8.60 Å². The van der Waals surface area contributed by atoms with E-state index in [1.807, 2.05) is 0 Å². The molecule has 2 N–H and O–H groups in total. The molecule has 29 heavy (non-hydrogen) atoms. The molecule has 0 aromatic rings. The van der Waals surface area contributed by atoms with E-state index in [1.165, 1.54) is 89.9 Å². The Kier molecular flexibility index (Phi) is 21.8. The lowest BCUT2D eigenvalue weighted by atomic mass is 9.85. The van der Waals surface area contributed by atoms with Crippen molar-refractivity contribution < 1.29 is 14.3 Å². The average molecular weight is 433 g/mol. The number of rotatable bonds is 23.